The molecule has 1 fully saturated rings. The second kappa shape index (κ2) is 9.90. The number of piperazine rings is 1. The zero-order valence-electron chi connectivity index (χ0n) is 16.2. The van der Waals surface area contributed by atoms with Gasteiger partial charge in [0, 0.05) is 39.9 Å². The van der Waals surface area contributed by atoms with Crippen LogP contribution < -0.4 is 0 Å². The van der Waals surface area contributed by atoms with E-state index >= 15 is 0 Å². The van der Waals surface area contributed by atoms with Crippen LogP contribution in [-0.4, -0.2) is 81.1 Å². The van der Waals surface area contributed by atoms with Gasteiger partial charge in [0.15, 0.2) is 0 Å². The van der Waals surface area contributed by atoms with Gasteiger partial charge in [0.2, 0.25) is 5.91 Å². The molecule has 0 aliphatic carbocycles. The monoisotopic (exact) mass is 347 g/mol. The van der Waals surface area contributed by atoms with Crippen LogP contribution in [0.2, 0.25) is 0 Å². The van der Waals surface area contributed by atoms with E-state index in [2.05, 4.69) is 24.0 Å². The Morgan fingerprint density at radius 3 is 2.44 bits per heavy atom. The van der Waals surface area contributed by atoms with Crippen LogP contribution in [-0.2, 0) is 9.53 Å². The SMILES string of the molecule is COCCCCN1CCN(C(=O)C(c2ccccc2C)N(C)C)CC1. The van der Waals surface area contributed by atoms with Crippen molar-refractivity contribution in [2.45, 2.75) is 25.8 Å². The number of hydrogen-bond donors (Lipinski definition) is 0. The van der Waals surface area contributed by atoms with Crippen LogP contribution in [0.5, 0.6) is 0 Å². The average Bonchev–Trinajstić information content (AvgIpc) is 2.61. The fourth-order valence-electron chi connectivity index (χ4n) is 3.47. The summed E-state index contributed by atoms with van der Waals surface area (Å²) in [4.78, 5) is 19.7. The lowest BCUT2D eigenvalue weighted by Gasteiger charge is -2.38. The number of carbonyl (C=O) groups excluding carboxylic acids is 1. The molecule has 1 unspecified atom stereocenters. The molecule has 1 amide bonds. The number of methoxy groups -OCH3 is 1. The number of amides is 1. The van der Waals surface area contributed by atoms with Crippen molar-refractivity contribution < 1.29 is 9.53 Å². The Kier molecular flexibility index (Phi) is 7.88. The predicted molar refractivity (Wildman–Crippen MR) is 102 cm³/mol. The average molecular weight is 348 g/mol. The summed E-state index contributed by atoms with van der Waals surface area (Å²) in [6.07, 6.45) is 2.26. The molecule has 0 radical (unpaired) electrons. The highest BCUT2D eigenvalue weighted by molar-refractivity contribution is 5.83. The van der Waals surface area contributed by atoms with E-state index in [4.69, 9.17) is 4.74 Å². The molecule has 5 heteroatoms. The van der Waals surface area contributed by atoms with Gasteiger partial charge in [-0.05, 0) is 51.5 Å². The first-order valence-corrected chi connectivity index (χ1v) is 9.26. The van der Waals surface area contributed by atoms with Crippen LogP contribution in [0.25, 0.3) is 0 Å². The first kappa shape index (κ1) is 19.9. The van der Waals surface area contributed by atoms with Gasteiger partial charge in [0.05, 0.1) is 0 Å². The molecule has 25 heavy (non-hydrogen) atoms. The second-order valence-electron chi connectivity index (χ2n) is 7.09. The van der Waals surface area contributed by atoms with E-state index in [-0.39, 0.29) is 11.9 Å². The van der Waals surface area contributed by atoms with Gasteiger partial charge in [-0.15, -0.1) is 0 Å². The van der Waals surface area contributed by atoms with Crippen molar-refractivity contribution in [2.24, 2.45) is 0 Å². The van der Waals surface area contributed by atoms with E-state index in [1.807, 2.05) is 36.0 Å². The minimum absolute atomic E-state index is 0.200. The van der Waals surface area contributed by atoms with Crippen molar-refractivity contribution in [1.29, 1.82) is 0 Å². The Morgan fingerprint density at radius 1 is 1.16 bits per heavy atom. The largest absolute Gasteiger partial charge is 0.385 e. The smallest absolute Gasteiger partial charge is 0.244 e. The fraction of sp³-hybridized carbons (Fsp3) is 0.650. The molecule has 0 aromatic heterocycles. The van der Waals surface area contributed by atoms with Gasteiger partial charge in [-0.25, -0.2) is 0 Å². The maximum absolute atomic E-state index is 13.1. The minimum Gasteiger partial charge on any atom is -0.385 e. The summed E-state index contributed by atoms with van der Waals surface area (Å²) in [6, 6.07) is 8.00. The Morgan fingerprint density at radius 2 is 1.84 bits per heavy atom. The normalized spacial score (nSPS) is 17.1. The number of benzene rings is 1. The highest BCUT2D eigenvalue weighted by atomic mass is 16.5. The minimum atomic E-state index is -0.200. The summed E-state index contributed by atoms with van der Waals surface area (Å²) < 4.78 is 5.10. The van der Waals surface area contributed by atoms with E-state index in [1.165, 1.54) is 5.56 Å². The zero-order valence-corrected chi connectivity index (χ0v) is 16.2. The Labute approximate surface area is 152 Å². The van der Waals surface area contributed by atoms with Crippen LogP contribution in [0.15, 0.2) is 24.3 Å². The molecule has 2 rings (SSSR count). The molecule has 1 aliphatic rings. The highest BCUT2D eigenvalue weighted by Gasteiger charge is 2.30. The van der Waals surface area contributed by atoms with E-state index in [1.54, 1.807) is 7.11 Å². The third-order valence-corrected chi connectivity index (χ3v) is 4.99. The van der Waals surface area contributed by atoms with E-state index in [9.17, 15) is 4.79 Å². The summed E-state index contributed by atoms with van der Waals surface area (Å²) in [7, 11) is 5.72. The zero-order chi connectivity index (χ0) is 18.2. The summed E-state index contributed by atoms with van der Waals surface area (Å²) in [6.45, 7) is 7.58. The number of ether oxygens (including phenoxy) is 1. The Balaban J connectivity index is 1.92. The first-order chi connectivity index (χ1) is 12.0. The molecular weight excluding hydrogens is 314 g/mol. The number of unbranched alkanes of at least 4 members (excludes halogenated alkanes) is 1. The summed E-state index contributed by atoms with van der Waals surface area (Å²) >= 11 is 0. The summed E-state index contributed by atoms with van der Waals surface area (Å²) in [5, 5.41) is 0. The quantitative estimate of drug-likeness (QED) is 0.675. The molecule has 5 nitrogen and oxygen atoms in total. The van der Waals surface area contributed by atoms with Crippen LogP contribution >= 0.6 is 0 Å². The van der Waals surface area contributed by atoms with Crippen molar-refractivity contribution >= 4 is 5.91 Å². The highest BCUT2D eigenvalue weighted by Crippen LogP contribution is 2.24. The third kappa shape index (κ3) is 5.53. The summed E-state index contributed by atoms with van der Waals surface area (Å²) in [5.41, 5.74) is 2.28. The topological polar surface area (TPSA) is 36.0 Å². The van der Waals surface area contributed by atoms with Gasteiger partial charge in [0.25, 0.3) is 0 Å². The number of nitrogens with zero attached hydrogens (tertiary/aromatic N) is 3. The van der Waals surface area contributed by atoms with Gasteiger partial charge < -0.3 is 9.64 Å². The fourth-order valence-corrected chi connectivity index (χ4v) is 3.47. The van der Waals surface area contributed by atoms with Crippen LogP contribution in [0.3, 0.4) is 0 Å². The van der Waals surface area contributed by atoms with Gasteiger partial charge >= 0.3 is 0 Å². The molecular formula is C20H33N3O2. The van der Waals surface area contributed by atoms with Crippen molar-refractivity contribution in [1.82, 2.24) is 14.7 Å². The number of likely N-dealkylation sites (N-methyl/N-ethyl adjacent to an activating group) is 1. The molecule has 1 aromatic carbocycles. The van der Waals surface area contributed by atoms with Crippen molar-refractivity contribution in [3.05, 3.63) is 35.4 Å². The van der Waals surface area contributed by atoms with Gasteiger partial charge in [-0.2, -0.15) is 0 Å². The van der Waals surface area contributed by atoms with Crippen molar-refractivity contribution in [3.8, 4) is 0 Å². The lowest BCUT2D eigenvalue weighted by molar-refractivity contribution is -0.138. The standard InChI is InChI=1S/C20H33N3O2/c1-17-9-5-6-10-18(17)19(21(2)3)20(24)23-14-12-22(13-15-23)11-7-8-16-25-4/h5-6,9-10,19H,7-8,11-16H2,1-4H3. The molecule has 1 aliphatic heterocycles. The Bertz CT molecular complexity index is 539. The number of hydrogen-bond acceptors (Lipinski definition) is 4. The third-order valence-electron chi connectivity index (χ3n) is 4.99. The first-order valence-electron chi connectivity index (χ1n) is 9.26. The van der Waals surface area contributed by atoms with Gasteiger partial charge in [-0.3, -0.25) is 14.6 Å². The van der Waals surface area contributed by atoms with E-state index in [0.29, 0.717) is 0 Å². The number of carbonyl (C=O) groups is 1. The summed E-state index contributed by atoms with van der Waals surface area (Å²) in [5.74, 6) is 0.221. The van der Waals surface area contributed by atoms with Gasteiger partial charge in [-0.1, -0.05) is 24.3 Å². The lowest BCUT2D eigenvalue weighted by atomic mass is 9.99. The van der Waals surface area contributed by atoms with Crippen LogP contribution in [0.1, 0.15) is 30.0 Å². The maximum atomic E-state index is 13.1. The van der Waals surface area contributed by atoms with Gasteiger partial charge in [0.1, 0.15) is 6.04 Å². The Hall–Kier alpha value is -1.43. The van der Waals surface area contributed by atoms with Crippen molar-refractivity contribution in [3.63, 3.8) is 0 Å². The van der Waals surface area contributed by atoms with Crippen molar-refractivity contribution in [2.75, 3.05) is 60.5 Å². The maximum Gasteiger partial charge on any atom is 0.244 e. The molecule has 1 aromatic rings. The predicted octanol–water partition coefficient (Wildman–Crippen LogP) is 2.17. The molecule has 1 saturated heterocycles. The molecule has 140 valence electrons. The molecule has 0 bridgehead atoms. The van der Waals surface area contributed by atoms with Crippen LogP contribution in [0.4, 0.5) is 0 Å². The number of aryl methyl sites for hydroxylation is 1. The molecule has 0 saturated carbocycles. The lowest BCUT2D eigenvalue weighted by Crippen LogP contribution is -2.51. The number of rotatable bonds is 8. The second-order valence-corrected chi connectivity index (χ2v) is 7.09. The molecule has 1 atom stereocenters. The molecule has 1 heterocycles. The van der Waals surface area contributed by atoms with Crippen LogP contribution in [0, 0.1) is 6.92 Å². The van der Waals surface area contributed by atoms with E-state index < -0.39 is 0 Å². The molecule has 0 N–H and O–H groups in total. The molecule has 0 spiro atoms. The van der Waals surface area contributed by atoms with E-state index in [0.717, 1.165) is 57.7 Å².